The van der Waals surface area contributed by atoms with Crippen molar-refractivity contribution in [3.63, 3.8) is 0 Å². The molecule has 0 radical (unpaired) electrons. The fraction of sp³-hybridized carbons (Fsp3) is 0.250. The number of hydrogen-bond acceptors (Lipinski definition) is 2. The quantitative estimate of drug-likeness (QED) is 0.560. The van der Waals surface area contributed by atoms with Crippen LogP contribution >= 0.6 is 0 Å². The van der Waals surface area contributed by atoms with Crippen molar-refractivity contribution in [1.82, 2.24) is 5.32 Å². The van der Waals surface area contributed by atoms with E-state index in [-0.39, 0.29) is 0 Å². The van der Waals surface area contributed by atoms with Gasteiger partial charge in [-0.05, 0) is 29.7 Å². The van der Waals surface area contributed by atoms with Crippen molar-refractivity contribution >= 4 is 0 Å². The van der Waals surface area contributed by atoms with Gasteiger partial charge in [0.15, 0.2) is 0 Å². The molecule has 3 rings (SSSR count). The summed E-state index contributed by atoms with van der Waals surface area (Å²) < 4.78 is 0. The second-order valence-electron chi connectivity index (χ2n) is 6.63. The van der Waals surface area contributed by atoms with Gasteiger partial charge in [-0.25, -0.2) is 0 Å². The largest absolute Gasteiger partial charge is 0.386 e. The minimum Gasteiger partial charge on any atom is -0.386 e. The molecule has 0 unspecified atom stereocenters. The summed E-state index contributed by atoms with van der Waals surface area (Å²) >= 11 is 0. The fourth-order valence-corrected chi connectivity index (χ4v) is 3.53. The lowest BCUT2D eigenvalue weighted by Gasteiger charge is -2.40. The molecule has 0 spiro atoms. The topological polar surface area (TPSA) is 32.3 Å². The van der Waals surface area contributed by atoms with E-state index in [0.29, 0.717) is 0 Å². The number of benzene rings is 3. The monoisotopic (exact) mass is 345 g/mol. The number of aliphatic hydroxyl groups excluding tert-OH is 1. The molecule has 0 fully saturated rings. The van der Waals surface area contributed by atoms with E-state index < -0.39 is 11.6 Å². The molecular weight excluding hydrogens is 318 g/mol. The summed E-state index contributed by atoms with van der Waals surface area (Å²) in [5, 5.41) is 15.3. The van der Waals surface area contributed by atoms with Crippen LogP contribution in [0, 0.1) is 0 Å². The number of aliphatic hydroxyl groups is 1. The Morgan fingerprint density at radius 2 is 1.23 bits per heavy atom. The SMILES string of the molecule is CCCCNC(c1ccccc1)(c1ccccc1)[C@@H](O)c1ccccc1. The predicted octanol–water partition coefficient (Wildman–Crippen LogP) is 5.05. The van der Waals surface area contributed by atoms with Crippen molar-refractivity contribution in [2.45, 2.75) is 31.4 Å². The summed E-state index contributed by atoms with van der Waals surface area (Å²) in [5.41, 5.74) is 2.35. The highest BCUT2D eigenvalue weighted by molar-refractivity contribution is 5.42. The van der Waals surface area contributed by atoms with Gasteiger partial charge in [-0.1, -0.05) is 104 Å². The summed E-state index contributed by atoms with van der Waals surface area (Å²) in [6, 6.07) is 30.5. The van der Waals surface area contributed by atoms with Gasteiger partial charge in [0.2, 0.25) is 0 Å². The minimum absolute atomic E-state index is 0.695. The Balaban J connectivity index is 2.17. The molecule has 2 N–H and O–H groups in total. The molecular formula is C24H27NO. The van der Waals surface area contributed by atoms with Gasteiger partial charge >= 0.3 is 0 Å². The standard InChI is InChI=1S/C24H27NO/c1-2-3-19-25-24(21-15-9-5-10-16-21,22-17-11-6-12-18-22)23(26)20-13-7-4-8-14-20/h4-18,23,25-26H,2-3,19H2,1H3/t23-/m0/s1. The molecule has 0 aliphatic rings. The van der Waals surface area contributed by atoms with Crippen molar-refractivity contribution in [3.8, 4) is 0 Å². The molecule has 0 bridgehead atoms. The first-order valence-electron chi connectivity index (χ1n) is 9.38. The zero-order valence-electron chi connectivity index (χ0n) is 15.3. The predicted molar refractivity (Wildman–Crippen MR) is 108 cm³/mol. The average molecular weight is 345 g/mol. The maximum Gasteiger partial charge on any atom is 0.106 e. The Bertz CT molecular complexity index is 732. The van der Waals surface area contributed by atoms with Crippen molar-refractivity contribution < 1.29 is 5.11 Å². The first-order valence-corrected chi connectivity index (χ1v) is 9.38. The Hall–Kier alpha value is -2.42. The van der Waals surface area contributed by atoms with Crippen LogP contribution in [0.1, 0.15) is 42.6 Å². The van der Waals surface area contributed by atoms with E-state index in [1.807, 2.05) is 66.7 Å². The molecule has 2 heteroatoms. The molecule has 0 heterocycles. The first-order chi connectivity index (χ1) is 12.8. The van der Waals surface area contributed by atoms with Crippen LogP contribution in [0.2, 0.25) is 0 Å². The van der Waals surface area contributed by atoms with Crippen LogP contribution < -0.4 is 5.32 Å². The summed E-state index contributed by atoms with van der Waals surface area (Å²) in [4.78, 5) is 0. The molecule has 3 aromatic carbocycles. The van der Waals surface area contributed by atoms with Gasteiger partial charge in [-0.3, -0.25) is 0 Å². The first kappa shape index (κ1) is 18.4. The Kier molecular flexibility index (Phi) is 6.21. The van der Waals surface area contributed by atoms with Gasteiger partial charge in [-0.2, -0.15) is 0 Å². The van der Waals surface area contributed by atoms with Crippen LogP contribution in [0.25, 0.3) is 0 Å². The summed E-state index contributed by atoms with van der Waals surface area (Å²) in [5.74, 6) is 0. The lowest BCUT2D eigenvalue weighted by molar-refractivity contribution is 0.0806. The highest BCUT2D eigenvalue weighted by atomic mass is 16.3. The van der Waals surface area contributed by atoms with Crippen LogP contribution in [-0.2, 0) is 5.54 Å². The van der Waals surface area contributed by atoms with Crippen LogP contribution in [0.3, 0.4) is 0 Å². The van der Waals surface area contributed by atoms with Gasteiger partial charge in [0.05, 0.1) is 5.54 Å². The molecule has 26 heavy (non-hydrogen) atoms. The lowest BCUT2D eigenvalue weighted by Crippen LogP contribution is -2.49. The van der Waals surface area contributed by atoms with E-state index in [1.165, 1.54) is 0 Å². The highest BCUT2D eigenvalue weighted by Gasteiger charge is 2.41. The maximum absolute atomic E-state index is 11.6. The molecule has 0 saturated heterocycles. The smallest absolute Gasteiger partial charge is 0.106 e. The summed E-state index contributed by atoms with van der Waals surface area (Å²) in [6.07, 6.45) is 1.46. The van der Waals surface area contributed by atoms with Crippen LogP contribution in [0.5, 0.6) is 0 Å². The van der Waals surface area contributed by atoms with E-state index in [1.54, 1.807) is 0 Å². The molecule has 0 aliphatic heterocycles. The van der Waals surface area contributed by atoms with Crippen LogP contribution in [-0.4, -0.2) is 11.7 Å². The Labute approximate surface area is 156 Å². The van der Waals surface area contributed by atoms with Gasteiger partial charge in [0.1, 0.15) is 6.10 Å². The molecule has 3 aromatic rings. The molecule has 0 saturated carbocycles. The van der Waals surface area contributed by atoms with Gasteiger partial charge in [-0.15, -0.1) is 0 Å². The molecule has 0 amide bonds. The third-order valence-electron chi connectivity index (χ3n) is 4.92. The highest BCUT2D eigenvalue weighted by Crippen LogP contribution is 2.41. The van der Waals surface area contributed by atoms with Crippen LogP contribution in [0.4, 0.5) is 0 Å². The van der Waals surface area contributed by atoms with Crippen molar-refractivity contribution in [3.05, 3.63) is 108 Å². The average Bonchev–Trinajstić information content (AvgIpc) is 2.73. The van der Waals surface area contributed by atoms with Gasteiger partial charge in [0.25, 0.3) is 0 Å². The second-order valence-corrected chi connectivity index (χ2v) is 6.63. The van der Waals surface area contributed by atoms with Crippen LogP contribution in [0.15, 0.2) is 91.0 Å². The lowest BCUT2D eigenvalue weighted by atomic mass is 9.75. The number of nitrogens with one attached hydrogen (secondary N) is 1. The zero-order valence-corrected chi connectivity index (χ0v) is 15.3. The second kappa shape index (κ2) is 8.79. The minimum atomic E-state index is -0.703. The summed E-state index contributed by atoms with van der Waals surface area (Å²) in [7, 11) is 0. The third-order valence-corrected chi connectivity index (χ3v) is 4.92. The normalized spacial score (nSPS) is 12.7. The molecule has 134 valence electrons. The number of unbranched alkanes of at least 4 members (excludes halogenated alkanes) is 1. The maximum atomic E-state index is 11.6. The zero-order chi connectivity index (χ0) is 18.2. The number of hydrogen-bond donors (Lipinski definition) is 2. The van der Waals surface area contributed by atoms with Gasteiger partial charge in [0, 0.05) is 0 Å². The third kappa shape index (κ3) is 3.72. The van der Waals surface area contributed by atoms with Gasteiger partial charge < -0.3 is 10.4 Å². The van der Waals surface area contributed by atoms with Crippen molar-refractivity contribution in [2.75, 3.05) is 6.54 Å². The van der Waals surface area contributed by atoms with E-state index in [2.05, 4.69) is 36.5 Å². The number of rotatable bonds is 8. The van der Waals surface area contributed by atoms with E-state index in [4.69, 9.17) is 0 Å². The molecule has 0 aliphatic carbocycles. The molecule has 1 atom stereocenters. The Morgan fingerprint density at radius 1 is 0.769 bits per heavy atom. The molecule has 2 nitrogen and oxygen atoms in total. The summed E-state index contributed by atoms with van der Waals surface area (Å²) in [6.45, 7) is 3.02. The Morgan fingerprint density at radius 3 is 1.69 bits per heavy atom. The van der Waals surface area contributed by atoms with Crippen molar-refractivity contribution in [2.24, 2.45) is 0 Å². The van der Waals surface area contributed by atoms with Crippen molar-refractivity contribution in [1.29, 1.82) is 0 Å². The fourth-order valence-electron chi connectivity index (χ4n) is 3.53. The van der Waals surface area contributed by atoms with E-state index in [0.717, 1.165) is 36.1 Å². The van der Waals surface area contributed by atoms with E-state index in [9.17, 15) is 5.11 Å². The molecule has 0 aromatic heterocycles. The van der Waals surface area contributed by atoms with E-state index >= 15 is 0 Å².